The second-order valence-corrected chi connectivity index (χ2v) is 20.4. The van der Waals surface area contributed by atoms with Crippen molar-refractivity contribution in [2.24, 2.45) is 0 Å². The van der Waals surface area contributed by atoms with E-state index in [0.717, 1.165) is 57.8 Å². The van der Waals surface area contributed by atoms with Crippen molar-refractivity contribution in [3.63, 3.8) is 0 Å². The van der Waals surface area contributed by atoms with E-state index in [9.17, 15) is 45.6 Å². The van der Waals surface area contributed by atoms with Gasteiger partial charge in [-0.05, 0) is 44.9 Å². The van der Waals surface area contributed by atoms with Gasteiger partial charge in [0.25, 0.3) is 0 Å². The van der Waals surface area contributed by atoms with Gasteiger partial charge in [-0.15, -0.1) is 0 Å². The van der Waals surface area contributed by atoms with Gasteiger partial charge < -0.3 is 65.1 Å². The molecule has 9 N–H and O–H groups in total. The number of unbranched alkanes of at least 4 members (excludes halogenated alkanes) is 28. The second kappa shape index (κ2) is 42.8. The van der Waals surface area contributed by atoms with Crippen LogP contribution in [0.4, 0.5) is 0 Å². The number of aliphatic hydroxyl groups is 8. The van der Waals surface area contributed by atoms with Crippen molar-refractivity contribution in [3.8, 4) is 0 Å². The van der Waals surface area contributed by atoms with Crippen LogP contribution in [0.25, 0.3) is 0 Å². The van der Waals surface area contributed by atoms with Crippen molar-refractivity contribution in [1.82, 2.24) is 5.32 Å². The van der Waals surface area contributed by atoms with Crippen LogP contribution in [0.15, 0.2) is 24.3 Å². The summed E-state index contributed by atoms with van der Waals surface area (Å²) in [6, 6.07) is -0.831. The van der Waals surface area contributed by atoms with Gasteiger partial charge in [0.15, 0.2) is 12.6 Å². The highest BCUT2D eigenvalue weighted by molar-refractivity contribution is 5.76. The summed E-state index contributed by atoms with van der Waals surface area (Å²) in [5.41, 5.74) is 0. The van der Waals surface area contributed by atoms with Gasteiger partial charge in [0.1, 0.15) is 48.8 Å². The number of nitrogens with one attached hydrogen (secondary N) is 1. The quantitative estimate of drug-likeness (QED) is 0.0205. The maximum absolute atomic E-state index is 13.2. The average Bonchev–Trinajstić information content (AvgIpc) is 3.36. The Morgan fingerprint density at radius 2 is 0.943 bits per heavy atom. The molecule has 0 aromatic heterocycles. The molecular formula is C56H105NO13. The van der Waals surface area contributed by atoms with Crippen LogP contribution in [0, 0.1) is 0 Å². The molecule has 0 radical (unpaired) electrons. The van der Waals surface area contributed by atoms with Crippen LogP contribution in [-0.4, -0.2) is 140 Å². The SMILES string of the molecule is CCCCC/C=C\C/C=C\CCCCCCCCCC(=O)NC(COC1OC(CO)C(OC2OC(CO)C(O)C(O)C2O)C(O)C1O)C(O)CCCCCCCCCCCCCCCCCCCCC. The maximum Gasteiger partial charge on any atom is 0.220 e. The zero-order valence-electron chi connectivity index (χ0n) is 44.0. The summed E-state index contributed by atoms with van der Waals surface area (Å²) in [4.78, 5) is 13.2. The lowest BCUT2D eigenvalue weighted by Gasteiger charge is -2.46. The van der Waals surface area contributed by atoms with E-state index < -0.39 is 86.8 Å². The molecule has 2 aliphatic rings. The van der Waals surface area contributed by atoms with Crippen LogP contribution in [-0.2, 0) is 23.7 Å². The molecule has 70 heavy (non-hydrogen) atoms. The number of hydrogen-bond acceptors (Lipinski definition) is 13. The Kier molecular flexibility index (Phi) is 39.5. The molecule has 14 nitrogen and oxygen atoms in total. The van der Waals surface area contributed by atoms with Gasteiger partial charge in [0.05, 0.1) is 32.0 Å². The van der Waals surface area contributed by atoms with Crippen molar-refractivity contribution in [2.45, 2.75) is 306 Å². The number of amides is 1. The topological polar surface area (TPSA) is 228 Å². The fourth-order valence-corrected chi connectivity index (χ4v) is 9.50. The molecule has 2 fully saturated rings. The van der Waals surface area contributed by atoms with Crippen LogP contribution < -0.4 is 5.32 Å². The molecule has 2 rings (SSSR count). The number of allylic oxidation sites excluding steroid dienone is 4. The Morgan fingerprint density at radius 1 is 0.514 bits per heavy atom. The Labute approximate surface area is 424 Å². The van der Waals surface area contributed by atoms with Gasteiger partial charge in [0.2, 0.25) is 5.91 Å². The van der Waals surface area contributed by atoms with Gasteiger partial charge in [-0.3, -0.25) is 4.79 Å². The van der Waals surface area contributed by atoms with Crippen molar-refractivity contribution in [1.29, 1.82) is 0 Å². The molecule has 0 spiro atoms. The third-order valence-corrected chi connectivity index (χ3v) is 14.2. The van der Waals surface area contributed by atoms with Crippen molar-refractivity contribution in [3.05, 3.63) is 24.3 Å². The van der Waals surface area contributed by atoms with E-state index >= 15 is 0 Å². The molecular weight excluding hydrogens is 895 g/mol. The zero-order valence-corrected chi connectivity index (χ0v) is 44.0. The number of aliphatic hydroxyl groups excluding tert-OH is 8. The smallest absolute Gasteiger partial charge is 0.220 e. The van der Waals surface area contributed by atoms with Crippen LogP contribution in [0.3, 0.4) is 0 Å². The molecule has 0 aromatic carbocycles. The largest absolute Gasteiger partial charge is 0.394 e. The minimum Gasteiger partial charge on any atom is -0.394 e. The lowest BCUT2D eigenvalue weighted by Crippen LogP contribution is -2.65. The Balaban J connectivity index is 1.78. The summed E-state index contributed by atoms with van der Waals surface area (Å²) >= 11 is 0. The number of carbonyl (C=O) groups is 1. The summed E-state index contributed by atoms with van der Waals surface area (Å²) in [6.07, 6.45) is 31.7. The highest BCUT2D eigenvalue weighted by Gasteiger charge is 2.51. The molecule has 0 aliphatic carbocycles. The molecule has 2 heterocycles. The van der Waals surface area contributed by atoms with E-state index in [1.165, 1.54) is 141 Å². The molecule has 12 atom stereocenters. The molecule has 2 aliphatic heterocycles. The fourth-order valence-electron chi connectivity index (χ4n) is 9.50. The standard InChI is InChI=1S/C56H105NO13/c1-3-5-7-9-11-13-15-17-19-21-22-24-25-27-29-31-33-35-37-39-45(60)44(57-48(61)40-38-36-34-32-30-28-26-23-20-18-16-14-12-10-8-6-4-2)43-67-55-53(66)51(64)54(47(42-59)69-55)70-56-52(65)50(63)49(62)46(41-58)68-56/h12,14,18,20,44-47,49-56,58-60,62-66H,3-11,13,15-17,19,21-43H2,1-2H3,(H,57,61)/b14-12-,20-18-. The van der Waals surface area contributed by atoms with E-state index in [0.29, 0.717) is 19.3 Å². The molecule has 1 amide bonds. The molecule has 412 valence electrons. The number of rotatable bonds is 45. The number of hydrogen-bond donors (Lipinski definition) is 9. The number of ether oxygens (including phenoxy) is 4. The summed E-state index contributed by atoms with van der Waals surface area (Å²) in [5.74, 6) is -0.213. The van der Waals surface area contributed by atoms with Crippen molar-refractivity contribution < 1.29 is 64.6 Å². The maximum atomic E-state index is 13.2. The lowest BCUT2D eigenvalue weighted by molar-refractivity contribution is -0.359. The third kappa shape index (κ3) is 28.8. The van der Waals surface area contributed by atoms with Gasteiger partial charge in [-0.25, -0.2) is 0 Å². The predicted octanol–water partition coefficient (Wildman–Crippen LogP) is 8.89. The summed E-state index contributed by atoms with van der Waals surface area (Å²) in [6.45, 7) is 2.84. The van der Waals surface area contributed by atoms with Gasteiger partial charge >= 0.3 is 0 Å². The van der Waals surface area contributed by atoms with E-state index in [4.69, 9.17) is 18.9 Å². The van der Waals surface area contributed by atoms with Crippen LogP contribution >= 0.6 is 0 Å². The van der Waals surface area contributed by atoms with Crippen molar-refractivity contribution >= 4 is 5.91 Å². The first kappa shape index (κ1) is 64.6. The molecule has 2 saturated heterocycles. The van der Waals surface area contributed by atoms with Crippen LogP contribution in [0.2, 0.25) is 0 Å². The van der Waals surface area contributed by atoms with Crippen molar-refractivity contribution in [2.75, 3.05) is 19.8 Å². The van der Waals surface area contributed by atoms with E-state index in [-0.39, 0.29) is 12.5 Å². The third-order valence-electron chi connectivity index (χ3n) is 14.2. The molecule has 14 heteroatoms. The first-order chi connectivity index (χ1) is 34.1. The highest BCUT2D eigenvalue weighted by Crippen LogP contribution is 2.30. The van der Waals surface area contributed by atoms with Gasteiger partial charge in [0, 0.05) is 6.42 Å². The molecule has 0 bridgehead atoms. The predicted molar refractivity (Wildman–Crippen MR) is 277 cm³/mol. The number of carbonyl (C=O) groups excluding carboxylic acids is 1. The van der Waals surface area contributed by atoms with Crippen LogP contribution in [0.5, 0.6) is 0 Å². The van der Waals surface area contributed by atoms with E-state index in [2.05, 4.69) is 43.5 Å². The summed E-state index contributed by atoms with van der Waals surface area (Å²) in [7, 11) is 0. The molecule has 12 unspecified atom stereocenters. The van der Waals surface area contributed by atoms with Gasteiger partial charge in [-0.1, -0.05) is 205 Å². The van der Waals surface area contributed by atoms with E-state index in [1.807, 2.05) is 0 Å². The van der Waals surface area contributed by atoms with Gasteiger partial charge in [-0.2, -0.15) is 0 Å². The zero-order chi connectivity index (χ0) is 51.0. The minimum atomic E-state index is -1.78. The minimum absolute atomic E-state index is 0.213. The monoisotopic (exact) mass is 1000 g/mol. The Morgan fingerprint density at radius 3 is 1.46 bits per heavy atom. The normalized spacial score (nSPS) is 26.1. The molecule has 0 saturated carbocycles. The van der Waals surface area contributed by atoms with Crippen LogP contribution in [0.1, 0.15) is 232 Å². The highest BCUT2D eigenvalue weighted by atomic mass is 16.7. The Bertz CT molecular complexity index is 1270. The van der Waals surface area contributed by atoms with E-state index in [1.54, 1.807) is 0 Å². The first-order valence-electron chi connectivity index (χ1n) is 28.6. The lowest BCUT2D eigenvalue weighted by atomic mass is 9.97. The summed E-state index contributed by atoms with van der Waals surface area (Å²) in [5, 5.41) is 87.2. The Hall–Kier alpha value is -1.53. The summed E-state index contributed by atoms with van der Waals surface area (Å²) < 4.78 is 22.8. The second-order valence-electron chi connectivity index (χ2n) is 20.4. The first-order valence-corrected chi connectivity index (χ1v) is 28.6. The average molecular weight is 1000 g/mol. The molecule has 0 aromatic rings. The fraction of sp³-hybridized carbons (Fsp3) is 0.911.